The number of rotatable bonds is 8. The zero-order valence-electron chi connectivity index (χ0n) is 39.9. The van der Waals surface area contributed by atoms with Gasteiger partial charge in [-0.1, -0.05) is 200 Å². The van der Waals surface area contributed by atoms with Gasteiger partial charge in [0, 0.05) is 43.7 Å². The summed E-state index contributed by atoms with van der Waals surface area (Å²) in [5.41, 5.74) is 22.3. The van der Waals surface area contributed by atoms with Gasteiger partial charge in [0.25, 0.3) is 0 Å². The molecule has 0 radical (unpaired) electrons. The summed E-state index contributed by atoms with van der Waals surface area (Å²) in [5.74, 6) is 0. The summed E-state index contributed by atoms with van der Waals surface area (Å²) in [6.45, 7) is 0. The highest BCUT2D eigenvalue weighted by Gasteiger charge is 2.54. The maximum atomic E-state index is 2.54. The molecule has 11 aromatic carbocycles. The molecule has 2 nitrogen and oxygen atoms in total. The fourth-order valence-corrected chi connectivity index (χ4v) is 14.4. The van der Waals surface area contributed by atoms with Crippen molar-refractivity contribution in [3.8, 4) is 32.7 Å². The van der Waals surface area contributed by atoms with Crippen LogP contribution in [0, 0.1) is 0 Å². The van der Waals surface area contributed by atoms with Crippen LogP contribution in [-0.2, 0) is 10.8 Å². The third-order valence-electron chi connectivity index (χ3n) is 15.9. The van der Waals surface area contributed by atoms with Gasteiger partial charge in [-0.2, -0.15) is 0 Å². The topological polar surface area (TPSA) is 6.48 Å². The largest absolute Gasteiger partial charge is 0.310 e. The van der Waals surface area contributed by atoms with Crippen molar-refractivity contribution in [2.24, 2.45) is 0 Å². The van der Waals surface area contributed by atoms with Crippen molar-refractivity contribution in [3.63, 3.8) is 0 Å². The monoisotopic (exact) mass is 946 g/mol. The number of anilines is 6. The molecule has 0 saturated heterocycles. The van der Waals surface area contributed by atoms with Gasteiger partial charge >= 0.3 is 0 Å². The second kappa shape index (κ2) is 16.3. The first-order valence-corrected chi connectivity index (χ1v) is 26.1. The van der Waals surface area contributed by atoms with Crippen LogP contribution in [-0.4, -0.2) is 0 Å². The summed E-state index contributed by atoms with van der Waals surface area (Å²) in [5, 5.41) is 1.31. The van der Waals surface area contributed by atoms with Crippen LogP contribution >= 0.6 is 11.3 Å². The van der Waals surface area contributed by atoms with Gasteiger partial charge in [0.05, 0.1) is 10.8 Å². The zero-order valence-corrected chi connectivity index (χ0v) is 40.7. The molecule has 12 aromatic rings. The minimum Gasteiger partial charge on any atom is -0.310 e. The Morgan fingerprint density at radius 1 is 0.260 bits per heavy atom. The van der Waals surface area contributed by atoms with Crippen molar-refractivity contribution in [1.29, 1.82) is 0 Å². The van der Waals surface area contributed by atoms with Crippen LogP contribution in [0.15, 0.2) is 279 Å². The molecular weight excluding hydrogens is 901 g/mol. The Balaban J connectivity index is 0.995. The van der Waals surface area contributed by atoms with E-state index in [0.717, 1.165) is 34.1 Å². The Morgan fingerprint density at radius 3 is 1.12 bits per heavy atom. The quantitative estimate of drug-likeness (QED) is 0.150. The van der Waals surface area contributed by atoms with E-state index in [1.165, 1.54) is 87.3 Å². The van der Waals surface area contributed by atoms with Crippen molar-refractivity contribution in [3.05, 3.63) is 324 Å². The Kier molecular flexibility index (Phi) is 9.30. The lowest BCUT2D eigenvalue weighted by molar-refractivity contribution is 0.768. The number of hydrogen-bond donors (Lipinski definition) is 0. The molecule has 1 spiro atoms. The maximum Gasteiger partial charge on any atom is 0.0741 e. The van der Waals surface area contributed by atoms with Crippen LogP contribution in [0.25, 0.3) is 42.8 Å². The van der Waals surface area contributed by atoms with Gasteiger partial charge in [-0.25, -0.2) is 0 Å². The minimum atomic E-state index is -0.612. The molecule has 15 rings (SSSR count). The van der Waals surface area contributed by atoms with Crippen molar-refractivity contribution in [2.75, 3.05) is 9.80 Å². The van der Waals surface area contributed by atoms with Crippen LogP contribution in [0.3, 0.4) is 0 Å². The normalized spacial score (nSPS) is 15.0. The van der Waals surface area contributed by atoms with E-state index in [4.69, 9.17) is 0 Å². The summed E-state index contributed by atoms with van der Waals surface area (Å²) in [4.78, 5) is 6.25. The van der Waals surface area contributed by atoms with Gasteiger partial charge in [0.2, 0.25) is 0 Å². The molecule has 0 bridgehead atoms. The number of nitrogens with zero attached hydrogens (tertiary/aromatic N) is 2. The van der Waals surface area contributed by atoms with Gasteiger partial charge in [0.15, 0.2) is 0 Å². The molecule has 1 unspecified atom stereocenters. The lowest BCUT2D eigenvalue weighted by Gasteiger charge is -2.35. The summed E-state index contributed by atoms with van der Waals surface area (Å²) >= 11 is 1.93. The second-order valence-corrected chi connectivity index (χ2v) is 20.5. The van der Waals surface area contributed by atoms with E-state index in [-0.39, 0.29) is 0 Å². The number of fused-ring (bicyclic) bond motifs is 15. The van der Waals surface area contributed by atoms with E-state index < -0.39 is 10.8 Å². The predicted molar refractivity (Wildman–Crippen MR) is 305 cm³/mol. The summed E-state index contributed by atoms with van der Waals surface area (Å²) in [6, 6.07) is 104. The van der Waals surface area contributed by atoms with E-state index in [1.54, 1.807) is 0 Å². The zero-order chi connectivity index (χ0) is 48.1. The van der Waals surface area contributed by atoms with Gasteiger partial charge in [-0.3, -0.25) is 0 Å². The Bertz CT molecular complexity index is 4010. The van der Waals surface area contributed by atoms with E-state index in [0.29, 0.717) is 0 Å². The van der Waals surface area contributed by atoms with Crippen LogP contribution in [0.4, 0.5) is 34.1 Å². The molecule has 1 atom stereocenters. The molecule has 342 valence electrons. The number of thiophene rings is 1. The SMILES string of the molecule is c1ccc(N(c2ccc3c(c2)C(c2ccccc2)(c2ccccc2)c2ccccc2-3)c2ccc3c(c2)C2(c4ccccc4-3)c3cc(N(c4ccccc4)c4ccccc4)ccc3-c3sc4ccccc4c32)cc1. The van der Waals surface area contributed by atoms with Crippen LogP contribution in [0.2, 0.25) is 0 Å². The molecule has 3 heteroatoms. The van der Waals surface area contributed by atoms with E-state index in [1.807, 2.05) is 11.3 Å². The third-order valence-corrected chi connectivity index (χ3v) is 17.1. The molecule has 0 fully saturated rings. The lowest BCUT2D eigenvalue weighted by Crippen LogP contribution is -2.28. The highest BCUT2D eigenvalue weighted by atomic mass is 32.1. The average Bonchev–Trinajstić information content (AvgIpc) is 4.18. The predicted octanol–water partition coefficient (Wildman–Crippen LogP) is 18.5. The standard InChI is InChI=1S/C70H46N2S/c1-6-22-47(23-7-1)69(48-24-8-2-9-25-48)61-35-19-16-32-55(61)57-41-38-53(44-63(57)69)72(51-30-14-5-15-31-51)54-39-42-58-56-33-17-20-36-62(56)70(64(58)45-54)65-46-52(71(49-26-10-3-11-27-49)50-28-12-4-13-29-50)40-43-59(65)68-67(70)60-34-18-21-37-66(60)73-68/h1-46H. The molecule has 3 aliphatic rings. The van der Waals surface area contributed by atoms with Crippen molar-refractivity contribution < 1.29 is 0 Å². The van der Waals surface area contributed by atoms with E-state index in [2.05, 4.69) is 289 Å². The first kappa shape index (κ1) is 41.7. The second-order valence-electron chi connectivity index (χ2n) is 19.5. The summed E-state index contributed by atoms with van der Waals surface area (Å²) in [6.07, 6.45) is 0. The maximum absolute atomic E-state index is 2.54. The number of hydrogen-bond acceptors (Lipinski definition) is 3. The first-order chi connectivity index (χ1) is 36.2. The molecule has 0 N–H and O–H groups in total. The molecular formula is C70H46N2S. The van der Waals surface area contributed by atoms with E-state index >= 15 is 0 Å². The molecule has 0 aliphatic heterocycles. The Morgan fingerprint density at radius 2 is 0.616 bits per heavy atom. The number of para-hydroxylation sites is 3. The summed E-state index contributed by atoms with van der Waals surface area (Å²) in [7, 11) is 0. The molecule has 0 saturated carbocycles. The summed E-state index contributed by atoms with van der Waals surface area (Å²) < 4.78 is 1.31. The van der Waals surface area contributed by atoms with Crippen LogP contribution in [0.5, 0.6) is 0 Å². The molecule has 1 aromatic heterocycles. The van der Waals surface area contributed by atoms with Gasteiger partial charge in [-0.05, 0) is 157 Å². The lowest BCUT2D eigenvalue weighted by atomic mass is 9.67. The molecule has 1 heterocycles. The van der Waals surface area contributed by atoms with Crippen molar-refractivity contribution in [2.45, 2.75) is 10.8 Å². The Labute approximate surface area is 430 Å². The van der Waals surface area contributed by atoms with Crippen molar-refractivity contribution >= 4 is 55.5 Å². The smallest absolute Gasteiger partial charge is 0.0741 e. The number of benzene rings is 11. The highest BCUT2D eigenvalue weighted by Crippen LogP contribution is 2.67. The van der Waals surface area contributed by atoms with Crippen molar-refractivity contribution in [1.82, 2.24) is 0 Å². The molecule has 3 aliphatic carbocycles. The molecule has 0 amide bonds. The first-order valence-electron chi connectivity index (χ1n) is 25.2. The third kappa shape index (κ3) is 5.92. The van der Waals surface area contributed by atoms with Crippen LogP contribution in [0.1, 0.15) is 44.5 Å². The van der Waals surface area contributed by atoms with Crippen LogP contribution < -0.4 is 9.80 Å². The minimum absolute atomic E-state index is 0.536. The fourth-order valence-electron chi connectivity index (χ4n) is 13.1. The highest BCUT2D eigenvalue weighted by molar-refractivity contribution is 7.22. The van der Waals surface area contributed by atoms with Gasteiger partial charge in [0.1, 0.15) is 0 Å². The Hall–Kier alpha value is -9.02. The van der Waals surface area contributed by atoms with Gasteiger partial charge in [-0.15, -0.1) is 11.3 Å². The fraction of sp³-hybridized carbons (Fsp3) is 0.0286. The average molecular weight is 947 g/mol. The van der Waals surface area contributed by atoms with E-state index in [9.17, 15) is 0 Å². The van der Waals surface area contributed by atoms with Gasteiger partial charge < -0.3 is 9.80 Å². The molecule has 73 heavy (non-hydrogen) atoms.